The molecule has 5 heteroatoms. The number of pyridine rings is 1. The average Bonchev–Trinajstić information content (AvgIpc) is 2.52. The molecule has 2 heterocycles. The molecule has 0 unspecified atom stereocenters. The summed E-state index contributed by atoms with van der Waals surface area (Å²) in [5.74, 6) is 0.932. The molecule has 0 saturated carbocycles. The molecule has 2 rings (SSSR count). The van der Waals surface area contributed by atoms with Crippen LogP contribution >= 0.6 is 0 Å². The van der Waals surface area contributed by atoms with Gasteiger partial charge in [-0.05, 0) is 29.8 Å². The summed E-state index contributed by atoms with van der Waals surface area (Å²) in [5.41, 5.74) is 1.91. The highest BCUT2D eigenvalue weighted by molar-refractivity contribution is 5.67. The molecular weight excluding hydrogens is 252 g/mol. The van der Waals surface area contributed by atoms with Crippen LogP contribution in [0.25, 0.3) is 12.2 Å². The molecule has 0 radical (unpaired) electrons. The molecular formula is C15H18N4O. The van der Waals surface area contributed by atoms with Crippen LogP contribution in [-0.4, -0.2) is 42.3 Å². The van der Waals surface area contributed by atoms with Crippen molar-refractivity contribution in [3.63, 3.8) is 0 Å². The summed E-state index contributed by atoms with van der Waals surface area (Å²) < 4.78 is 5.05. The number of hydrogen-bond acceptors (Lipinski definition) is 5. The minimum absolute atomic E-state index is 0.688. The predicted octanol–water partition coefficient (Wildman–Crippen LogP) is 2.12. The summed E-state index contributed by atoms with van der Waals surface area (Å²) >= 11 is 0. The molecule has 0 amide bonds. The summed E-state index contributed by atoms with van der Waals surface area (Å²) in [6.07, 6.45) is 9.02. The minimum atomic E-state index is 0.688. The van der Waals surface area contributed by atoms with Crippen LogP contribution in [0.15, 0.2) is 36.9 Å². The Kier molecular flexibility index (Phi) is 5.20. The second kappa shape index (κ2) is 7.35. The van der Waals surface area contributed by atoms with Gasteiger partial charge in [0.2, 0.25) is 0 Å². The van der Waals surface area contributed by atoms with Crippen molar-refractivity contribution >= 4 is 18.0 Å². The number of aromatic nitrogens is 3. The SMILES string of the molecule is COCCN(C)c1ccc(/C=C/c2ccncn2)cn1. The second-order valence-electron chi connectivity index (χ2n) is 4.33. The number of anilines is 1. The molecule has 104 valence electrons. The first-order chi connectivity index (χ1) is 9.79. The first-order valence-corrected chi connectivity index (χ1v) is 6.40. The summed E-state index contributed by atoms with van der Waals surface area (Å²) in [4.78, 5) is 14.5. The molecule has 0 N–H and O–H groups in total. The van der Waals surface area contributed by atoms with Crippen LogP contribution in [0.2, 0.25) is 0 Å². The largest absolute Gasteiger partial charge is 0.383 e. The number of likely N-dealkylation sites (N-methyl/N-ethyl adjacent to an activating group) is 1. The van der Waals surface area contributed by atoms with Gasteiger partial charge in [-0.15, -0.1) is 0 Å². The first kappa shape index (κ1) is 14.1. The second-order valence-corrected chi connectivity index (χ2v) is 4.33. The van der Waals surface area contributed by atoms with Gasteiger partial charge >= 0.3 is 0 Å². The van der Waals surface area contributed by atoms with Crippen LogP contribution in [0.1, 0.15) is 11.3 Å². The van der Waals surface area contributed by atoms with Gasteiger partial charge in [0.25, 0.3) is 0 Å². The van der Waals surface area contributed by atoms with E-state index in [1.165, 1.54) is 6.33 Å². The van der Waals surface area contributed by atoms with Gasteiger partial charge in [0.15, 0.2) is 0 Å². The lowest BCUT2D eigenvalue weighted by Gasteiger charge is -2.17. The number of nitrogens with zero attached hydrogens (tertiary/aromatic N) is 4. The number of rotatable bonds is 6. The van der Waals surface area contributed by atoms with Gasteiger partial charge < -0.3 is 9.64 Å². The monoisotopic (exact) mass is 270 g/mol. The van der Waals surface area contributed by atoms with Crippen LogP contribution in [0.3, 0.4) is 0 Å². The Labute approximate surface area is 119 Å². The predicted molar refractivity (Wildman–Crippen MR) is 80.3 cm³/mol. The number of methoxy groups -OCH3 is 1. The summed E-state index contributed by atoms with van der Waals surface area (Å²) in [6, 6.07) is 5.88. The Morgan fingerprint density at radius 3 is 2.75 bits per heavy atom. The van der Waals surface area contributed by atoms with Crippen LogP contribution < -0.4 is 4.90 Å². The zero-order chi connectivity index (χ0) is 14.2. The van der Waals surface area contributed by atoms with Gasteiger partial charge in [-0.3, -0.25) is 0 Å². The molecule has 2 aromatic rings. The van der Waals surface area contributed by atoms with Gasteiger partial charge in [0.1, 0.15) is 12.1 Å². The Morgan fingerprint density at radius 1 is 1.20 bits per heavy atom. The average molecular weight is 270 g/mol. The van der Waals surface area contributed by atoms with Crippen molar-refractivity contribution in [2.75, 3.05) is 32.2 Å². The zero-order valence-electron chi connectivity index (χ0n) is 11.7. The van der Waals surface area contributed by atoms with Crippen LogP contribution in [0.5, 0.6) is 0 Å². The third-order valence-electron chi connectivity index (χ3n) is 2.84. The van der Waals surface area contributed by atoms with E-state index in [9.17, 15) is 0 Å². The van der Waals surface area contributed by atoms with Crippen LogP contribution in [-0.2, 0) is 4.74 Å². The van der Waals surface area contributed by atoms with Crippen molar-refractivity contribution < 1.29 is 4.74 Å². The van der Waals surface area contributed by atoms with Crippen molar-refractivity contribution in [2.24, 2.45) is 0 Å². The summed E-state index contributed by atoms with van der Waals surface area (Å²) in [7, 11) is 3.69. The van der Waals surface area contributed by atoms with E-state index in [1.54, 1.807) is 13.3 Å². The van der Waals surface area contributed by atoms with Crippen molar-refractivity contribution in [1.29, 1.82) is 0 Å². The van der Waals surface area contributed by atoms with Crippen molar-refractivity contribution in [3.05, 3.63) is 48.2 Å². The Balaban J connectivity index is 1.99. The molecule has 0 atom stereocenters. The maximum Gasteiger partial charge on any atom is 0.128 e. The molecule has 0 spiro atoms. The maximum absolute atomic E-state index is 5.05. The van der Waals surface area contributed by atoms with E-state index in [0.29, 0.717) is 6.61 Å². The van der Waals surface area contributed by atoms with E-state index >= 15 is 0 Å². The van der Waals surface area contributed by atoms with E-state index in [4.69, 9.17) is 4.74 Å². The quantitative estimate of drug-likeness (QED) is 0.804. The standard InChI is InChI=1S/C15H18N4O/c1-19(9-10-20-2)15-6-4-13(11-17-15)3-5-14-7-8-16-12-18-14/h3-8,11-12H,9-10H2,1-2H3/b5-3+. The fraction of sp³-hybridized carbons (Fsp3) is 0.267. The van der Waals surface area contributed by atoms with E-state index < -0.39 is 0 Å². The van der Waals surface area contributed by atoms with Crippen molar-refractivity contribution in [3.8, 4) is 0 Å². The van der Waals surface area contributed by atoms with Gasteiger partial charge in [-0.1, -0.05) is 6.08 Å². The highest BCUT2D eigenvalue weighted by atomic mass is 16.5. The molecule has 5 nitrogen and oxygen atoms in total. The van der Waals surface area contributed by atoms with Crippen LogP contribution in [0, 0.1) is 0 Å². The zero-order valence-corrected chi connectivity index (χ0v) is 11.7. The molecule has 0 bridgehead atoms. The Morgan fingerprint density at radius 2 is 2.10 bits per heavy atom. The normalized spacial score (nSPS) is 10.9. The fourth-order valence-corrected chi connectivity index (χ4v) is 1.65. The van der Waals surface area contributed by atoms with E-state index in [1.807, 2.05) is 43.6 Å². The maximum atomic E-state index is 5.05. The molecule has 0 aliphatic carbocycles. The lowest BCUT2D eigenvalue weighted by molar-refractivity contribution is 0.206. The fourth-order valence-electron chi connectivity index (χ4n) is 1.65. The highest BCUT2D eigenvalue weighted by Gasteiger charge is 2.00. The van der Waals surface area contributed by atoms with Crippen LogP contribution in [0.4, 0.5) is 5.82 Å². The van der Waals surface area contributed by atoms with Crippen molar-refractivity contribution in [2.45, 2.75) is 0 Å². The van der Waals surface area contributed by atoms with Gasteiger partial charge in [-0.2, -0.15) is 0 Å². The molecule has 20 heavy (non-hydrogen) atoms. The van der Waals surface area contributed by atoms with Gasteiger partial charge in [-0.25, -0.2) is 15.0 Å². The lowest BCUT2D eigenvalue weighted by atomic mass is 10.2. The summed E-state index contributed by atoms with van der Waals surface area (Å²) in [5, 5.41) is 0. The van der Waals surface area contributed by atoms with Gasteiger partial charge in [0.05, 0.1) is 12.3 Å². The third kappa shape index (κ3) is 4.13. The molecule has 0 fully saturated rings. The Hall–Kier alpha value is -2.27. The van der Waals surface area contributed by atoms with E-state index in [0.717, 1.165) is 23.6 Å². The molecule has 0 aliphatic heterocycles. The van der Waals surface area contributed by atoms with E-state index in [-0.39, 0.29) is 0 Å². The third-order valence-corrected chi connectivity index (χ3v) is 2.84. The molecule has 2 aromatic heterocycles. The molecule has 0 aliphatic rings. The minimum Gasteiger partial charge on any atom is -0.383 e. The molecule has 0 aromatic carbocycles. The Bertz CT molecular complexity index is 540. The number of ether oxygens (including phenoxy) is 1. The topological polar surface area (TPSA) is 51.1 Å². The smallest absolute Gasteiger partial charge is 0.128 e. The lowest BCUT2D eigenvalue weighted by Crippen LogP contribution is -2.22. The van der Waals surface area contributed by atoms with E-state index in [2.05, 4.69) is 19.9 Å². The van der Waals surface area contributed by atoms with Gasteiger partial charge in [0, 0.05) is 33.1 Å². The first-order valence-electron chi connectivity index (χ1n) is 6.40. The number of hydrogen-bond donors (Lipinski definition) is 0. The molecule has 0 saturated heterocycles. The van der Waals surface area contributed by atoms with Crippen molar-refractivity contribution in [1.82, 2.24) is 15.0 Å². The summed E-state index contributed by atoms with van der Waals surface area (Å²) in [6.45, 7) is 1.51. The highest BCUT2D eigenvalue weighted by Crippen LogP contribution is 2.11.